The van der Waals surface area contributed by atoms with Gasteiger partial charge in [0, 0.05) is 36.1 Å². The molecular formula is C15H18Cl2N2O3. The molecule has 0 bridgehead atoms. The largest absolute Gasteiger partial charge is 0.484 e. The van der Waals surface area contributed by atoms with Gasteiger partial charge >= 0.3 is 0 Å². The first-order valence-corrected chi connectivity index (χ1v) is 7.83. The SMILES string of the molecule is CC(=O)N1CCC(NC(=O)COc2cc(Cl)cc(Cl)c2)CC1. The highest BCUT2D eigenvalue weighted by atomic mass is 35.5. The molecule has 2 amide bonds. The zero-order valence-corrected chi connectivity index (χ0v) is 13.8. The number of rotatable bonds is 4. The maximum Gasteiger partial charge on any atom is 0.258 e. The van der Waals surface area contributed by atoms with E-state index in [9.17, 15) is 9.59 Å². The third-order valence-corrected chi connectivity index (χ3v) is 3.95. The molecular weight excluding hydrogens is 327 g/mol. The maximum atomic E-state index is 11.9. The van der Waals surface area contributed by atoms with E-state index in [4.69, 9.17) is 27.9 Å². The highest BCUT2D eigenvalue weighted by Gasteiger charge is 2.21. The van der Waals surface area contributed by atoms with E-state index in [1.165, 1.54) is 0 Å². The van der Waals surface area contributed by atoms with E-state index in [2.05, 4.69) is 5.32 Å². The Morgan fingerprint density at radius 1 is 1.23 bits per heavy atom. The molecule has 0 aromatic heterocycles. The molecule has 0 radical (unpaired) electrons. The molecule has 0 atom stereocenters. The zero-order chi connectivity index (χ0) is 16.1. The molecule has 1 heterocycles. The Bertz CT molecular complexity index is 537. The van der Waals surface area contributed by atoms with Crippen molar-refractivity contribution in [2.45, 2.75) is 25.8 Å². The number of halogens is 2. The summed E-state index contributed by atoms with van der Waals surface area (Å²) in [6.07, 6.45) is 1.52. The van der Waals surface area contributed by atoms with Gasteiger partial charge < -0.3 is 15.0 Å². The van der Waals surface area contributed by atoms with Gasteiger partial charge in [0.25, 0.3) is 5.91 Å². The van der Waals surface area contributed by atoms with Crippen LogP contribution in [0.25, 0.3) is 0 Å². The fourth-order valence-corrected chi connectivity index (χ4v) is 2.87. The van der Waals surface area contributed by atoms with Gasteiger partial charge in [-0.05, 0) is 31.0 Å². The van der Waals surface area contributed by atoms with Crippen molar-refractivity contribution in [3.05, 3.63) is 28.2 Å². The Kier molecular flexibility index (Phi) is 5.91. The predicted octanol–water partition coefficient (Wildman–Crippen LogP) is 2.50. The number of nitrogens with zero attached hydrogens (tertiary/aromatic N) is 1. The van der Waals surface area contributed by atoms with Crippen LogP contribution < -0.4 is 10.1 Å². The molecule has 2 rings (SSSR count). The van der Waals surface area contributed by atoms with Crippen LogP contribution in [0.2, 0.25) is 10.0 Å². The van der Waals surface area contributed by atoms with Gasteiger partial charge in [-0.15, -0.1) is 0 Å². The van der Waals surface area contributed by atoms with Gasteiger partial charge in [0.2, 0.25) is 5.91 Å². The first-order valence-electron chi connectivity index (χ1n) is 7.08. The van der Waals surface area contributed by atoms with E-state index in [1.807, 2.05) is 0 Å². The lowest BCUT2D eigenvalue weighted by Crippen LogP contribution is -2.47. The number of benzene rings is 1. The average molecular weight is 345 g/mol. The number of piperidine rings is 1. The molecule has 1 aromatic carbocycles. The van der Waals surface area contributed by atoms with Crippen molar-refractivity contribution in [1.82, 2.24) is 10.2 Å². The maximum absolute atomic E-state index is 11.9. The monoisotopic (exact) mass is 344 g/mol. The number of hydrogen-bond acceptors (Lipinski definition) is 3. The summed E-state index contributed by atoms with van der Waals surface area (Å²) < 4.78 is 5.38. The van der Waals surface area contributed by atoms with Gasteiger partial charge in [0.1, 0.15) is 5.75 Å². The highest BCUT2D eigenvalue weighted by Crippen LogP contribution is 2.24. The summed E-state index contributed by atoms with van der Waals surface area (Å²) in [5.41, 5.74) is 0. The van der Waals surface area contributed by atoms with Crippen molar-refractivity contribution in [2.24, 2.45) is 0 Å². The van der Waals surface area contributed by atoms with E-state index < -0.39 is 0 Å². The Balaban J connectivity index is 1.75. The summed E-state index contributed by atoms with van der Waals surface area (Å²) >= 11 is 11.7. The predicted molar refractivity (Wildman–Crippen MR) is 85.4 cm³/mol. The third-order valence-electron chi connectivity index (χ3n) is 3.51. The summed E-state index contributed by atoms with van der Waals surface area (Å²) in [5.74, 6) is 0.336. The van der Waals surface area contributed by atoms with Crippen molar-refractivity contribution >= 4 is 35.0 Å². The van der Waals surface area contributed by atoms with Gasteiger partial charge in [-0.3, -0.25) is 9.59 Å². The molecule has 0 aliphatic carbocycles. The second kappa shape index (κ2) is 7.70. The molecule has 1 fully saturated rings. The topological polar surface area (TPSA) is 58.6 Å². The fraction of sp³-hybridized carbons (Fsp3) is 0.467. The molecule has 1 saturated heterocycles. The first kappa shape index (κ1) is 16.9. The van der Waals surface area contributed by atoms with Crippen LogP contribution in [0, 0.1) is 0 Å². The van der Waals surface area contributed by atoms with Crippen LogP contribution in [0.4, 0.5) is 0 Å². The normalized spacial score (nSPS) is 15.5. The lowest BCUT2D eigenvalue weighted by atomic mass is 10.1. The number of amides is 2. The number of hydrogen-bond donors (Lipinski definition) is 1. The van der Waals surface area contributed by atoms with Gasteiger partial charge in [-0.1, -0.05) is 23.2 Å². The summed E-state index contributed by atoms with van der Waals surface area (Å²) in [7, 11) is 0. The Morgan fingerprint density at radius 3 is 2.36 bits per heavy atom. The van der Waals surface area contributed by atoms with Crippen molar-refractivity contribution in [3.8, 4) is 5.75 Å². The zero-order valence-electron chi connectivity index (χ0n) is 12.3. The van der Waals surface area contributed by atoms with Gasteiger partial charge in [-0.25, -0.2) is 0 Å². The quantitative estimate of drug-likeness (QED) is 0.912. The third kappa shape index (κ3) is 5.07. The minimum atomic E-state index is -0.197. The molecule has 1 N–H and O–H groups in total. The molecule has 5 nitrogen and oxygen atoms in total. The fourth-order valence-electron chi connectivity index (χ4n) is 2.37. The van der Waals surface area contributed by atoms with Crippen LogP contribution in [0.15, 0.2) is 18.2 Å². The molecule has 0 saturated carbocycles. The van der Waals surface area contributed by atoms with Gasteiger partial charge in [-0.2, -0.15) is 0 Å². The van der Waals surface area contributed by atoms with Crippen molar-refractivity contribution in [2.75, 3.05) is 19.7 Å². The number of nitrogens with one attached hydrogen (secondary N) is 1. The lowest BCUT2D eigenvalue weighted by Gasteiger charge is -2.31. The van der Waals surface area contributed by atoms with Crippen LogP contribution in [0.3, 0.4) is 0 Å². The van der Waals surface area contributed by atoms with Crippen molar-refractivity contribution in [3.63, 3.8) is 0 Å². The summed E-state index contributed by atoms with van der Waals surface area (Å²) in [6.45, 7) is 2.81. The van der Waals surface area contributed by atoms with Gasteiger partial charge in [0.15, 0.2) is 6.61 Å². The Labute approximate surface area is 139 Å². The summed E-state index contributed by atoms with van der Waals surface area (Å²) in [6, 6.07) is 4.88. The average Bonchev–Trinajstić information content (AvgIpc) is 2.45. The van der Waals surface area contributed by atoms with E-state index >= 15 is 0 Å². The van der Waals surface area contributed by atoms with Crippen LogP contribution in [-0.4, -0.2) is 42.5 Å². The molecule has 0 spiro atoms. The summed E-state index contributed by atoms with van der Waals surface area (Å²) in [4.78, 5) is 24.9. The lowest BCUT2D eigenvalue weighted by molar-refractivity contribution is -0.130. The van der Waals surface area contributed by atoms with Crippen LogP contribution >= 0.6 is 23.2 Å². The van der Waals surface area contributed by atoms with E-state index in [0.717, 1.165) is 12.8 Å². The number of ether oxygens (including phenoxy) is 1. The molecule has 7 heteroatoms. The van der Waals surface area contributed by atoms with Crippen LogP contribution in [-0.2, 0) is 9.59 Å². The van der Waals surface area contributed by atoms with Crippen molar-refractivity contribution < 1.29 is 14.3 Å². The Morgan fingerprint density at radius 2 is 1.82 bits per heavy atom. The first-order chi connectivity index (χ1) is 10.4. The Hall–Kier alpha value is -1.46. The van der Waals surface area contributed by atoms with Gasteiger partial charge in [0.05, 0.1) is 0 Å². The second-order valence-electron chi connectivity index (χ2n) is 5.24. The minimum Gasteiger partial charge on any atom is -0.484 e. The second-order valence-corrected chi connectivity index (χ2v) is 6.11. The van der Waals surface area contributed by atoms with E-state index in [-0.39, 0.29) is 24.5 Å². The highest BCUT2D eigenvalue weighted by molar-refractivity contribution is 6.34. The smallest absolute Gasteiger partial charge is 0.258 e. The summed E-state index contributed by atoms with van der Waals surface area (Å²) in [5, 5.41) is 3.83. The molecule has 0 unspecified atom stereocenters. The standard InChI is InChI=1S/C15H18Cl2N2O3/c1-10(20)19-4-2-13(3-5-19)18-15(21)9-22-14-7-11(16)6-12(17)8-14/h6-8,13H,2-5,9H2,1H3,(H,18,21). The number of carbonyl (C=O) groups is 2. The minimum absolute atomic E-state index is 0.0749. The van der Waals surface area contributed by atoms with E-state index in [0.29, 0.717) is 28.9 Å². The molecule has 1 aliphatic heterocycles. The van der Waals surface area contributed by atoms with E-state index in [1.54, 1.807) is 30.0 Å². The van der Waals surface area contributed by atoms with Crippen LogP contribution in [0.1, 0.15) is 19.8 Å². The molecule has 1 aliphatic rings. The van der Waals surface area contributed by atoms with Crippen LogP contribution in [0.5, 0.6) is 5.75 Å². The molecule has 22 heavy (non-hydrogen) atoms. The van der Waals surface area contributed by atoms with Crippen molar-refractivity contribution in [1.29, 1.82) is 0 Å². The number of carbonyl (C=O) groups excluding carboxylic acids is 2. The molecule has 120 valence electrons. The molecule has 1 aromatic rings. The number of likely N-dealkylation sites (tertiary alicyclic amines) is 1.